The van der Waals surface area contributed by atoms with E-state index in [-0.39, 0.29) is 18.5 Å². The van der Waals surface area contributed by atoms with Gasteiger partial charge in [0, 0.05) is 41.5 Å². The second kappa shape index (κ2) is 7.83. The molecule has 0 saturated carbocycles. The van der Waals surface area contributed by atoms with Gasteiger partial charge in [-0.05, 0) is 47.3 Å². The quantitative estimate of drug-likeness (QED) is 0.468. The van der Waals surface area contributed by atoms with Gasteiger partial charge in [0.2, 0.25) is 0 Å². The minimum Gasteiger partial charge on any atom is -0.481 e. The Bertz CT molecular complexity index is 1270. The van der Waals surface area contributed by atoms with Crippen molar-refractivity contribution in [3.05, 3.63) is 78.8 Å². The number of benzene rings is 2. The first kappa shape index (κ1) is 18.7. The van der Waals surface area contributed by atoms with Crippen molar-refractivity contribution < 1.29 is 14.3 Å². The van der Waals surface area contributed by atoms with E-state index >= 15 is 0 Å². The van der Waals surface area contributed by atoms with E-state index < -0.39 is 0 Å². The minimum absolute atomic E-state index is 0.0565. The average Bonchev–Trinajstić information content (AvgIpc) is 3.24. The molecule has 3 N–H and O–H groups in total. The summed E-state index contributed by atoms with van der Waals surface area (Å²) in [7, 11) is 0. The summed E-state index contributed by atoms with van der Waals surface area (Å²) < 4.78 is 5.60. The molecule has 8 heteroatoms. The highest BCUT2D eigenvalue weighted by atomic mass is 16.5. The third-order valence-corrected chi connectivity index (χ3v) is 5.04. The number of carbonyl (C=O) groups excluding carboxylic acids is 2. The highest BCUT2D eigenvalue weighted by Gasteiger charge is 2.26. The molecule has 0 bridgehead atoms. The van der Waals surface area contributed by atoms with Gasteiger partial charge in [0.05, 0.1) is 12.2 Å². The fourth-order valence-electron chi connectivity index (χ4n) is 3.55. The molecule has 0 radical (unpaired) electrons. The Kier molecular flexibility index (Phi) is 4.72. The van der Waals surface area contributed by atoms with Gasteiger partial charge in [0.15, 0.2) is 6.61 Å². The summed E-state index contributed by atoms with van der Waals surface area (Å²) in [6, 6.07) is 16.2. The van der Waals surface area contributed by atoms with E-state index in [0.29, 0.717) is 29.4 Å². The number of pyridine rings is 1. The lowest BCUT2D eigenvalue weighted by molar-refractivity contribution is -0.121. The molecule has 8 nitrogen and oxygen atoms in total. The van der Waals surface area contributed by atoms with E-state index in [2.05, 4.69) is 20.6 Å². The van der Waals surface area contributed by atoms with Gasteiger partial charge >= 0.3 is 6.03 Å². The first-order valence-corrected chi connectivity index (χ1v) is 9.77. The van der Waals surface area contributed by atoms with Gasteiger partial charge in [0.25, 0.3) is 5.91 Å². The number of carbonyl (C=O) groups is 2. The minimum atomic E-state index is -0.370. The van der Waals surface area contributed by atoms with Crippen LogP contribution in [0, 0.1) is 0 Å². The number of amides is 3. The predicted molar refractivity (Wildman–Crippen MR) is 118 cm³/mol. The highest BCUT2D eigenvalue weighted by Crippen LogP contribution is 2.35. The molecule has 0 fully saturated rings. The van der Waals surface area contributed by atoms with Crippen LogP contribution < -0.4 is 20.3 Å². The van der Waals surface area contributed by atoms with Crippen LogP contribution in [-0.4, -0.2) is 28.5 Å². The number of aromatic amines is 1. The molecule has 1 aliphatic rings. The maximum atomic E-state index is 12.4. The van der Waals surface area contributed by atoms with Crippen molar-refractivity contribution in [2.45, 2.75) is 6.54 Å². The van der Waals surface area contributed by atoms with E-state index in [1.54, 1.807) is 35.5 Å². The van der Waals surface area contributed by atoms with E-state index in [1.165, 1.54) is 0 Å². The Balaban J connectivity index is 1.31. The number of rotatable bonds is 4. The van der Waals surface area contributed by atoms with Crippen LogP contribution in [0.25, 0.3) is 10.9 Å². The summed E-state index contributed by atoms with van der Waals surface area (Å²) in [5, 5.41) is 6.70. The van der Waals surface area contributed by atoms with Crippen molar-refractivity contribution in [1.29, 1.82) is 0 Å². The third kappa shape index (κ3) is 3.91. The van der Waals surface area contributed by atoms with E-state index in [4.69, 9.17) is 4.74 Å². The smallest absolute Gasteiger partial charge is 0.323 e. The van der Waals surface area contributed by atoms with Crippen molar-refractivity contribution in [3.8, 4) is 5.75 Å². The molecule has 0 aliphatic carbocycles. The van der Waals surface area contributed by atoms with Crippen LogP contribution in [0.3, 0.4) is 0 Å². The number of nitrogens with one attached hydrogen (secondary N) is 3. The van der Waals surface area contributed by atoms with Gasteiger partial charge < -0.3 is 25.3 Å². The zero-order valence-corrected chi connectivity index (χ0v) is 16.5. The summed E-state index contributed by atoms with van der Waals surface area (Å²) in [5.41, 5.74) is 3.76. The standard InChI is InChI=1S/C23H19N5O3/c29-22-14-31-21-11-18(5-6-20(21)28(22)13-15-2-1-8-24-12-15)27-23(30)26-17-4-3-16-7-9-25-19(16)10-17/h1-12,25H,13-14H2,(H2,26,27,30). The molecule has 0 atom stereocenters. The molecule has 2 aromatic carbocycles. The van der Waals surface area contributed by atoms with Gasteiger partial charge in [-0.3, -0.25) is 9.78 Å². The molecule has 5 rings (SSSR count). The van der Waals surface area contributed by atoms with Crippen molar-refractivity contribution >= 4 is 39.9 Å². The topological polar surface area (TPSA) is 99.3 Å². The van der Waals surface area contributed by atoms with Crippen LogP contribution in [0.4, 0.5) is 21.9 Å². The van der Waals surface area contributed by atoms with Crippen LogP contribution in [0.15, 0.2) is 73.2 Å². The Hall–Kier alpha value is -4.33. The van der Waals surface area contributed by atoms with Crippen molar-refractivity contribution in [1.82, 2.24) is 9.97 Å². The first-order chi connectivity index (χ1) is 15.2. The van der Waals surface area contributed by atoms with E-state index in [9.17, 15) is 9.59 Å². The lowest BCUT2D eigenvalue weighted by atomic mass is 10.2. The van der Waals surface area contributed by atoms with Gasteiger partial charge in [-0.2, -0.15) is 0 Å². The van der Waals surface area contributed by atoms with Gasteiger partial charge in [-0.1, -0.05) is 12.1 Å². The monoisotopic (exact) mass is 413 g/mol. The lowest BCUT2D eigenvalue weighted by Crippen LogP contribution is -2.38. The number of H-pyrrole nitrogens is 1. The Morgan fingerprint density at radius 2 is 1.94 bits per heavy atom. The molecule has 0 spiro atoms. The van der Waals surface area contributed by atoms with Gasteiger partial charge in [0.1, 0.15) is 5.75 Å². The van der Waals surface area contributed by atoms with E-state index in [1.807, 2.05) is 42.6 Å². The molecule has 0 saturated heterocycles. The molecule has 3 amide bonds. The second-order valence-corrected chi connectivity index (χ2v) is 7.17. The zero-order chi connectivity index (χ0) is 21.2. The Morgan fingerprint density at radius 1 is 1.10 bits per heavy atom. The summed E-state index contributed by atoms with van der Waals surface area (Å²) in [4.78, 5) is 33.7. The maximum absolute atomic E-state index is 12.4. The number of hydrogen-bond acceptors (Lipinski definition) is 4. The molecule has 31 heavy (non-hydrogen) atoms. The summed E-state index contributed by atoms with van der Waals surface area (Å²) in [6.45, 7) is 0.344. The normalized spacial score (nSPS) is 12.9. The molecule has 4 aromatic rings. The fourth-order valence-corrected chi connectivity index (χ4v) is 3.55. The van der Waals surface area contributed by atoms with Crippen LogP contribution >= 0.6 is 0 Å². The number of urea groups is 1. The van der Waals surface area contributed by atoms with Crippen LogP contribution in [-0.2, 0) is 11.3 Å². The predicted octanol–water partition coefficient (Wildman–Crippen LogP) is 4.13. The van der Waals surface area contributed by atoms with Gasteiger partial charge in [-0.15, -0.1) is 0 Å². The maximum Gasteiger partial charge on any atom is 0.323 e. The summed E-state index contributed by atoms with van der Waals surface area (Å²) >= 11 is 0. The van der Waals surface area contributed by atoms with Crippen molar-refractivity contribution in [2.24, 2.45) is 0 Å². The van der Waals surface area contributed by atoms with E-state index in [0.717, 1.165) is 16.5 Å². The summed E-state index contributed by atoms with van der Waals surface area (Å²) in [6.07, 6.45) is 5.27. The SMILES string of the molecule is O=C(Nc1ccc2c(c1)OCC(=O)N2Cc1cccnc1)Nc1ccc2cc[nH]c2c1. The largest absolute Gasteiger partial charge is 0.481 e. The third-order valence-electron chi connectivity index (χ3n) is 5.04. The van der Waals surface area contributed by atoms with Crippen molar-refractivity contribution in [2.75, 3.05) is 22.1 Å². The lowest BCUT2D eigenvalue weighted by Gasteiger charge is -2.29. The fraction of sp³-hybridized carbons (Fsp3) is 0.0870. The zero-order valence-electron chi connectivity index (χ0n) is 16.5. The Labute approximate surface area is 177 Å². The highest BCUT2D eigenvalue weighted by molar-refractivity contribution is 6.02. The van der Waals surface area contributed by atoms with Crippen LogP contribution in [0.5, 0.6) is 5.75 Å². The molecular weight excluding hydrogens is 394 g/mol. The number of anilines is 3. The van der Waals surface area contributed by atoms with Crippen LogP contribution in [0.1, 0.15) is 5.56 Å². The second-order valence-electron chi connectivity index (χ2n) is 7.17. The summed E-state index contributed by atoms with van der Waals surface area (Å²) in [5.74, 6) is 0.406. The first-order valence-electron chi connectivity index (χ1n) is 9.77. The number of hydrogen-bond donors (Lipinski definition) is 3. The number of ether oxygens (including phenoxy) is 1. The average molecular weight is 413 g/mol. The van der Waals surface area contributed by atoms with Crippen LogP contribution in [0.2, 0.25) is 0 Å². The number of nitrogens with zero attached hydrogens (tertiary/aromatic N) is 2. The molecule has 154 valence electrons. The molecule has 0 unspecified atom stereocenters. The molecule has 1 aliphatic heterocycles. The van der Waals surface area contributed by atoms with Crippen molar-refractivity contribution in [3.63, 3.8) is 0 Å². The number of aromatic nitrogens is 2. The van der Waals surface area contributed by atoms with Gasteiger partial charge in [-0.25, -0.2) is 4.79 Å². The molecule has 2 aromatic heterocycles. The Morgan fingerprint density at radius 3 is 2.77 bits per heavy atom. The molecular formula is C23H19N5O3. The number of fused-ring (bicyclic) bond motifs is 2. The molecule has 3 heterocycles.